The molecule has 0 spiro atoms. The number of hydrogen-bond acceptors (Lipinski definition) is 6. The summed E-state index contributed by atoms with van der Waals surface area (Å²) in [4.78, 5) is 25.5. The van der Waals surface area contributed by atoms with E-state index in [0.29, 0.717) is 22.8 Å². The standard InChI is InChI=1S/C15H16N2O5S/c1-17-14(19)10(13(18)16-15(17)23)7-9-11(21-3)5-8(20-2)6-12(9)22-4/h5-7H,1-4H3,(H,16,18,23)/b10-7+. The van der Waals surface area contributed by atoms with E-state index in [-0.39, 0.29) is 10.7 Å². The molecule has 1 aromatic carbocycles. The van der Waals surface area contributed by atoms with Crippen LogP contribution in [0, 0.1) is 0 Å². The minimum atomic E-state index is -0.571. The second-order valence-electron chi connectivity index (χ2n) is 4.63. The van der Waals surface area contributed by atoms with Crippen molar-refractivity contribution in [2.45, 2.75) is 0 Å². The first-order valence-corrected chi connectivity index (χ1v) is 6.98. The van der Waals surface area contributed by atoms with Crippen LogP contribution in [0.15, 0.2) is 17.7 Å². The highest BCUT2D eigenvalue weighted by Gasteiger charge is 2.31. The van der Waals surface area contributed by atoms with E-state index in [2.05, 4.69) is 5.32 Å². The second-order valence-corrected chi connectivity index (χ2v) is 5.01. The summed E-state index contributed by atoms with van der Waals surface area (Å²) in [6, 6.07) is 3.27. The van der Waals surface area contributed by atoms with E-state index < -0.39 is 11.8 Å². The fraction of sp³-hybridized carbons (Fsp3) is 0.267. The third-order valence-corrected chi connectivity index (χ3v) is 3.72. The van der Waals surface area contributed by atoms with Crippen LogP contribution < -0.4 is 19.5 Å². The second kappa shape index (κ2) is 6.66. The van der Waals surface area contributed by atoms with Gasteiger partial charge in [0.2, 0.25) is 0 Å². The minimum Gasteiger partial charge on any atom is -0.496 e. The molecule has 1 heterocycles. The van der Waals surface area contributed by atoms with Crippen molar-refractivity contribution in [2.75, 3.05) is 28.4 Å². The Hall–Kier alpha value is -2.61. The zero-order valence-corrected chi connectivity index (χ0v) is 13.9. The van der Waals surface area contributed by atoms with Crippen LogP contribution in [0.4, 0.5) is 0 Å². The number of nitrogens with zero attached hydrogens (tertiary/aromatic N) is 1. The third kappa shape index (κ3) is 3.11. The van der Waals surface area contributed by atoms with E-state index in [9.17, 15) is 9.59 Å². The monoisotopic (exact) mass is 336 g/mol. The molecular formula is C15H16N2O5S. The van der Waals surface area contributed by atoms with Crippen molar-refractivity contribution < 1.29 is 23.8 Å². The number of ether oxygens (including phenoxy) is 3. The van der Waals surface area contributed by atoms with E-state index in [4.69, 9.17) is 26.4 Å². The summed E-state index contributed by atoms with van der Waals surface area (Å²) in [6.45, 7) is 0. The molecule has 1 saturated heterocycles. The van der Waals surface area contributed by atoms with Crippen molar-refractivity contribution in [2.24, 2.45) is 0 Å². The molecule has 0 unspecified atom stereocenters. The Morgan fingerprint density at radius 3 is 2.13 bits per heavy atom. The summed E-state index contributed by atoms with van der Waals surface area (Å²) in [5, 5.41) is 2.51. The van der Waals surface area contributed by atoms with Crippen molar-refractivity contribution >= 4 is 35.2 Å². The SMILES string of the molecule is COc1cc(OC)c(/C=C2\C(=O)NC(=S)N(C)C2=O)c(OC)c1. The molecule has 0 radical (unpaired) electrons. The van der Waals surface area contributed by atoms with Gasteiger partial charge in [-0.3, -0.25) is 19.8 Å². The fourth-order valence-corrected chi connectivity index (χ4v) is 2.24. The molecule has 7 nitrogen and oxygen atoms in total. The number of nitrogens with one attached hydrogen (secondary N) is 1. The number of hydrogen-bond donors (Lipinski definition) is 1. The molecule has 1 fully saturated rings. The molecule has 0 saturated carbocycles. The molecule has 0 atom stereocenters. The Bertz CT molecular complexity index is 689. The van der Waals surface area contributed by atoms with E-state index in [0.717, 1.165) is 0 Å². The molecular weight excluding hydrogens is 320 g/mol. The Labute approximate surface area is 138 Å². The molecule has 0 aliphatic carbocycles. The predicted molar refractivity (Wildman–Crippen MR) is 87.6 cm³/mol. The molecule has 1 N–H and O–H groups in total. The lowest BCUT2D eigenvalue weighted by molar-refractivity contribution is -0.128. The number of likely N-dealkylation sites (N-methyl/N-ethyl adjacent to an activating group) is 1. The van der Waals surface area contributed by atoms with Crippen LogP contribution in [0.2, 0.25) is 0 Å². The highest BCUT2D eigenvalue weighted by molar-refractivity contribution is 7.80. The van der Waals surface area contributed by atoms with Crippen molar-refractivity contribution in [1.82, 2.24) is 10.2 Å². The zero-order chi connectivity index (χ0) is 17.1. The summed E-state index contributed by atoms with van der Waals surface area (Å²) >= 11 is 4.91. The first kappa shape index (κ1) is 16.8. The topological polar surface area (TPSA) is 77.1 Å². The average molecular weight is 336 g/mol. The molecule has 0 aromatic heterocycles. The number of benzene rings is 1. The summed E-state index contributed by atoms with van der Waals surface area (Å²) in [6.07, 6.45) is 1.41. The number of thiocarbonyl (C=S) groups is 1. The molecule has 1 aromatic rings. The van der Waals surface area contributed by atoms with Crippen molar-refractivity contribution in [3.63, 3.8) is 0 Å². The van der Waals surface area contributed by atoms with Gasteiger partial charge in [-0.1, -0.05) is 0 Å². The van der Waals surface area contributed by atoms with Crippen LogP contribution in [0.25, 0.3) is 6.08 Å². The number of methoxy groups -OCH3 is 3. The van der Waals surface area contributed by atoms with Gasteiger partial charge < -0.3 is 14.2 Å². The van der Waals surface area contributed by atoms with Gasteiger partial charge in [0.1, 0.15) is 22.8 Å². The molecule has 2 rings (SSSR count). The third-order valence-electron chi connectivity index (χ3n) is 3.35. The first-order chi connectivity index (χ1) is 10.9. The lowest BCUT2D eigenvalue weighted by Gasteiger charge is -2.25. The lowest BCUT2D eigenvalue weighted by atomic mass is 10.1. The first-order valence-electron chi connectivity index (χ1n) is 6.58. The Morgan fingerprint density at radius 2 is 1.65 bits per heavy atom. The van der Waals surface area contributed by atoms with Crippen LogP contribution >= 0.6 is 12.2 Å². The maximum atomic E-state index is 12.3. The number of carbonyl (C=O) groups is 2. The average Bonchev–Trinajstić information content (AvgIpc) is 2.56. The van der Waals surface area contributed by atoms with Crippen LogP contribution in [-0.4, -0.2) is 50.2 Å². The van der Waals surface area contributed by atoms with Crippen LogP contribution in [0.1, 0.15) is 5.56 Å². The van der Waals surface area contributed by atoms with Gasteiger partial charge >= 0.3 is 0 Å². The van der Waals surface area contributed by atoms with E-state index in [1.807, 2.05) is 0 Å². The molecule has 8 heteroatoms. The van der Waals surface area contributed by atoms with Gasteiger partial charge in [-0.2, -0.15) is 0 Å². The summed E-state index contributed by atoms with van der Waals surface area (Å²) in [5.41, 5.74) is 0.387. The van der Waals surface area contributed by atoms with Gasteiger partial charge in [0, 0.05) is 19.2 Å². The Morgan fingerprint density at radius 1 is 1.09 bits per heavy atom. The maximum absolute atomic E-state index is 12.3. The van der Waals surface area contributed by atoms with Crippen molar-refractivity contribution in [1.29, 1.82) is 0 Å². The fourth-order valence-electron chi connectivity index (χ4n) is 2.06. The molecule has 0 bridgehead atoms. The van der Waals surface area contributed by atoms with Crippen LogP contribution in [0.3, 0.4) is 0 Å². The maximum Gasteiger partial charge on any atom is 0.265 e. The van der Waals surface area contributed by atoms with Crippen LogP contribution in [0.5, 0.6) is 17.2 Å². The normalized spacial score (nSPS) is 16.4. The summed E-state index contributed by atoms with van der Waals surface area (Å²) in [7, 11) is 5.95. The van der Waals surface area contributed by atoms with E-state index >= 15 is 0 Å². The zero-order valence-electron chi connectivity index (χ0n) is 13.1. The van der Waals surface area contributed by atoms with E-state index in [1.165, 1.54) is 39.4 Å². The van der Waals surface area contributed by atoms with Gasteiger partial charge in [0.15, 0.2) is 5.11 Å². The summed E-state index contributed by atoms with van der Waals surface area (Å²) < 4.78 is 15.8. The molecule has 2 amide bonds. The predicted octanol–water partition coefficient (Wildman–Crippen LogP) is 0.969. The lowest BCUT2D eigenvalue weighted by Crippen LogP contribution is -2.52. The Kier molecular flexibility index (Phi) is 4.85. The van der Waals surface area contributed by atoms with Gasteiger partial charge in [-0.15, -0.1) is 0 Å². The van der Waals surface area contributed by atoms with Gasteiger partial charge in [-0.05, 0) is 18.3 Å². The van der Waals surface area contributed by atoms with E-state index in [1.54, 1.807) is 12.1 Å². The van der Waals surface area contributed by atoms with Crippen molar-refractivity contribution in [3.05, 3.63) is 23.3 Å². The number of amides is 2. The summed E-state index contributed by atoms with van der Waals surface area (Å²) in [5.74, 6) is 0.269. The molecule has 1 aliphatic heterocycles. The molecule has 1 aliphatic rings. The van der Waals surface area contributed by atoms with Gasteiger partial charge in [-0.25, -0.2) is 0 Å². The Balaban J connectivity index is 2.59. The number of rotatable bonds is 4. The van der Waals surface area contributed by atoms with Gasteiger partial charge in [0.05, 0.1) is 26.9 Å². The minimum absolute atomic E-state index is 0.0609. The smallest absolute Gasteiger partial charge is 0.265 e. The highest BCUT2D eigenvalue weighted by Crippen LogP contribution is 2.36. The quantitative estimate of drug-likeness (QED) is 0.502. The molecule has 23 heavy (non-hydrogen) atoms. The van der Waals surface area contributed by atoms with Gasteiger partial charge in [0.25, 0.3) is 11.8 Å². The molecule has 122 valence electrons. The largest absolute Gasteiger partial charge is 0.496 e. The van der Waals surface area contributed by atoms with Crippen molar-refractivity contribution in [3.8, 4) is 17.2 Å². The highest BCUT2D eigenvalue weighted by atomic mass is 32.1. The number of carbonyl (C=O) groups excluding carboxylic acids is 2. The van der Waals surface area contributed by atoms with Crippen LogP contribution in [-0.2, 0) is 9.59 Å².